The van der Waals surface area contributed by atoms with Crippen LogP contribution in [0.3, 0.4) is 0 Å². The van der Waals surface area contributed by atoms with Crippen LogP contribution in [-0.4, -0.2) is 30.3 Å². The lowest BCUT2D eigenvalue weighted by Crippen LogP contribution is -2.42. The van der Waals surface area contributed by atoms with Crippen molar-refractivity contribution in [3.05, 3.63) is 23.8 Å². The number of nitrogen functional groups attached to an aromatic ring is 1. The van der Waals surface area contributed by atoms with E-state index in [-0.39, 0.29) is 11.9 Å². The highest BCUT2D eigenvalue weighted by Gasteiger charge is 2.24. The van der Waals surface area contributed by atoms with Gasteiger partial charge in [0.25, 0.3) is 5.91 Å². The van der Waals surface area contributed by atoms with Gasteiger partial charge < -0.3 is 20.9 Å². The summed E-state index contributed by atoms with van der Waals surface area (Å²) in [5, 5.41) is 13.0. The Kier molecular flexibility index (Phi) is 4.84. The predicted molar refractivity (Wildman–Crippen MR) is 77.8 cm³/mol. The molecule has 1 saturated carbocycles. The van der Waals surface area contributed by atoms with E-state index in [0.29, 0.717) is 17.0 Å². The van der Waals surface area contributed by atoms with Gasteiger partial charge in [-0.15, -0.1) is 0 Å². The third-order valence-corrected chi connectivity index (χ3v) is 3.77. The highest BCUT2D eigenvalue weighted by atomic mass is 16.5. The topological polar surface area (TPSA) is 84.6 Å². The van der Waals surface area contributed by atoms with E-state index >= 15 is 0 Å². The van der Waals surface area contributed by atoms with Gasteiger partial charge in [0, 0.05) is 11.8 Å². The van der Waals surface area contributed by atoms with Crippen LogP contribution in [0.5, 0.6) is 5.75 Å². The molecule has 0 saturated heterocycles. The first-order chi connectivity index (χ1) is 9.61. The van der Waals surface area contributed by atoms with Gasteiger partial charge in [-0.25, -0.2) is 0 Å². The summed E-state index contributed by atoms with van der Waals surface area (Å²) in [6.07, 6.45) is 4.23. The van der Waals surface area contributed by atoms with Crippen LogP contribution in [0.1, 0.15) is 42.5 Å². The SMILES string of the molecule is COc1cc(N)ccc1C(=O)NC1CCCCCC1O. The summed E-state index contributed by atoms with van der Waals surface area (Å²) in [7, 11) is 1.51. The lowest BCUT2D eigenvalue weighted by molar-refractivity contribution is 0.0816. The van der Waals surface area contributed by atoms with Crippen molar-refractivity contribution in [3.63, 3.8) is 0 Å². The second kappa shape index (κ2) is 6.61. The normalized spacial score (nSPS) is 22.9. The second-order valence-electron chi connectivity index (χ2n) is 5.25. The molecule has 0 heterocycles. The lowest BCUT2D eigenvalue weighted by Gasteiger charge is -2.22. The summed E-state index contributed by atoms with van der Waals surface area (Å²) in [5.41, 5.74) is 6.67. The van der Waals surface area contributed by atoms with E-state index in [2.05, 4.69) is 5.32 Å². The number of anilines is 1. The molecule has 1 fully saturated rings. The number of hydrogen-bond acceptors (Lipinski definition) is 4. The largest absolute Gasteiger partial charge is 0.496 e. The van der Waals surface area contributed by atoms with Crippen molar-refractivity contribution in [2.24, 2.45) is 0 Å². The Hall–Kier alpha value is -1.75. The molecule has 0 bridgehead atoms. The molecule has 0 radical (unpaired) electrons. The van der Waals surface area contributed by atoms with Gasteiger partial charge in [0.05, 0.1) is 24.8 Å². The molecule has 2 rings (SSSR count). The highest BCUT2D eigenvalue weighted by Crippen LogP contribution is 2.23. The summed E-state index contributed by atoms with van der Waals surface area (Å²) in [5.74, 6) is 0.221. The summed E-state index contributed by atoms with van der Waals surface area (Å²) in [4.78, 5) is 12.3. The van der Waals surface area contributed by atoms with Gasteiger partial charge in [-0.1, -0.05) is 19.3 Å². The van der Waals surface area contributed by atoms with Crippen LogP contribution in [0.2, 0.25) is 0 Å². The summed E-state index contributed by atoms with van der Waals surface area (Å²) < 4.78 is 5.18. The van der Waals surface area contributed by atoms with Crippen LogP contribution in [-0.2, 0) is 0 Å². The molecule has 1 aromatic rings. The number of aliphatic hydroxyl groups is 1. The van der Waals surface area contributed by atoms with E-state index in [1.807, 2.05) is 0 Å². The first kappa shape index (κ1) is 14.7. The van der Waals surface area contributed by atoms with Gasteiger partial charge >= 0.3 is 0 Å². The highest BCUT2D eigenvalue weighted by molar-refractivity contribution is 5.97. The van der Waals surface area contributed by atoms with Crippen molar-refractivity contribution in [1.29, 1.82) is 0 Å². The van der Waals surface area contributed by atoms with Gasteiger partial charge in [-0.05, 0) is 25.0 Å². The predicted octanol–water partition coefficient (Wildman–Crippen LogP) is 1.70. The molecule has 5 heteroatoms. The molecule has 4 N–H and O–H groups in total. The molecule has 0 aromatic heterocycles. The molecule has 110 valence electrons. The number of hydrogen-bond donors (Lipinski definition) is 3. The van der Waals surface area contributed by atoms with Gasteiger partial charge in [-0.3, -0.25) is 4.79 Å². The number of amides is 1. The van der Waals surface area contributed by atoms with Crippen LogP contribution < -0.4 is 15.8 Å². The maximum atomic E-state index is 12.3. The van der Waals surface area contributed by atoms with Crippen molar-refractivity contribution < 1.29 is 14.6 Å². The zero-order valence-electron chi connectivity index (χ0n) is 11.8. The van der Waals surface area contributed by atoms with Crippen LogP contribution >= 0.6 is 0 Å². The molecule has 5 nitrogen and oxygen atoms in total. The zero-order valence-corrected chi connectivity index (χ0v) is 11.8. The van der Waals surface area contributed by atoms with Gasteiger partial charge in [0.2, 0.25) is 0 Å². The maximum absolute atomic E-state index is 12.3. The molecular formula is C15H22N2O3. The molecule has 0 spiro atoms. The number of nitrogens with two attached hydrogens (primary N) is 1. The standard InChI is InChI=1S/C15H22N2O3/c1-20-14-9-10(16)7-8-11(14)15(19)17-12-5-3-2-4-6-13(12)18/h7-9,12-13,18H,2-6,16H2,1H3,(H,17,19). The van der Waals surface area contributed by atoms with E-state index in [1.165, 1.54) is 7.11 Å². The van der Waals surface area contributed by atoms with Crippen LogP contribution in [0.15, 0.2) is 18.2 Å². The van der Waals surface area contributed by atoms with Crippen LogP contribution in [0.25, 0.3) is 0 Å². The Morgan fingerprint density at radius 2 is 2.10 bits per heavy atom. The average molecular weight is 278 g/mol. The number of benzene rings is 1. The Balaban J connectivity index is 2.11. The average Bonchev–Trinajstić information content (AvgIpc) is 2.64. The first-order valence-corrected chi connectivity index (χ1v) is 7.04. The molecule has 1 aromatic carbocycles. The fraction of sp³-hybridized carbons (Fsp3) is 0.533. The van der Waals surface area contributed by atoms with Crippen molar-refractivity contribution in [2.75, 3.05) is 12.8 Å². The minimum absolute atomic E-state index is 0.188. The van der Waals surface area contributed by atoms with E-state index in [9.17, 15) is 9.90 Å². The van der Waals surface area contributed by atoms with E-state index in [1.54, 1.807) is 18.2 Å². The van der Waals surface area contributed by atoms with Crippen molar-refractivity contribution in [2.45, 2.75) is 44.2 Å². The third-order valence-electron chi connectivity index (χ3n) is 3.77. The number of carbonyl (C=O) groups excluding carboxylic acids is 1. The Labute approximate surface area is 119 Å². The minimum atomic E-state index is -0.471. The van der Waals surface area contributed by atoms with E-state index in [4.69, 9.17) is 10.5 Å². The lowest BCUT2D eigenvalue weighted by atomic mass is 10.0. The Bertz CT molecular complexity index is 476. The Morgan fingerprint density at radius 1 is 1.35 bits per heavy atom. The van der Waals surface area contributed by atoms with Crippen molar-refractivity contribution in [3.8, 4) is 5.75 Å². The molecule has 0 aliphatic heterocycles. The molecule has 20 heavy (non-hydrogen) atoms. The van der Waals surface area contributed by atoms with Crippen molar-refractivity contribution in [1.82, 2.24) is 5.32 Å². The number of ether oxygens (including phenoxy) is 1. The Morgan fingerprint density at radius 3 is 2.85 bits per heavy atom. The van der Waals surface area contributed by atoms with Gasteiger partial charge in [0.15, 0.2) is 0 Å². The number of methoxy groups -OCH3 is 1. The second-order valence-corrected chi connectivity index (χ2v) is 5.25. The maximum Gasteiger partial charge on any atom is 0.255 e. The van der Waals surface area contributed by atoms with Crippen LogP contribution in [0, 0.1) is 0 Å². The molecule has 2 atom stereocenters. The molecule has 1 aliphatic rings. The smallest absolute Gasteiger partial charge is 0.255 e. The quantitative estimate of drug-likeness (QED) is 0.580. The van der Waals surface area contributed by atoms with Gasteiger partial charge in [-0.2, -0.15) is 0 Å². The number of nitrogens with one attached hydrogen (secondary N) is 1. The summed E-state index contributed by atoms with van der Waals surface area (Å²) >= 11 is 0. The monoisotopic (exact) mass is 278 g/mol. The van der Waals surface area contributed by atoms with Crippen LogP contribution in [0.4, 0.5) is 5.69 Å². The molecule has 2 unspecified atom stereocenters. The molecule has 1 amide bonds. The zero-order chi connectivity index (χ0) is 14.5. The number of aliphatic hydroxyl groups excluding tert-OH is 1. The first-order valence-electron chi connectivity index (χ1n) is 7.04. The van der Waals surface area contributed by atoms with E-state index < -0.39 is 6.10 Å². The minimum Gasteiger partial charge on any atom is -0.496 e. The fourth-order valence-corrected chi connectivity index (χ4v) is 2.60. The molecular weight excluding hydrogens is 256 g/mol. The summed E-state index contributed by atoms with van der Waals surface area (Å²) in [6.45, 7) is 0. The number of carbonyl (C=O) groups is 1. The number of rotatable bonds is 3. The van der Waals surface area contributed by atoms with Crippen molar-refractivity contribution >= 4 is 11.6 Å². The fourth-order valence-electron chi connectivity index (χ4n) is 2.60. The molecule has 1 aliphatic carbocycles. The third kappa shape index (κ3) is 3.42. The van der Waals surface area contributed by atoms with Gasteiger partial charge in [0.1, 0.15) is 5.75 Å². The summed E-state index contributed by atoms with van der Waals surface area (Å²) in [6, 6.07) is 4.75. The van der Waals surface area contributed by atoms with E-state index in [0.717, 1.165) is 32.1 Å².